The van der Waals surface area contributed by atoms with E-state index in [1.807, 2.05) is 24.3 Å². The van der Waals surface area contributed by atoms with Gasteiger partial charge in [-0.2, -0.15) is 0 Å². The van der Waals surface area contributed by atoms with Crippen LogP contribution < -0.4 is 10.8 Å². The molecule has 28 heavy (non-hydrogen) atoms. The number of carbonyl (C=O) groups excluding carboxylic acids is 2. The van der Waals surface area contributed by atoms with Gasteiger partial charge in [-0.25, -0.2) is 5.48 Å². The number of amides is 1. The highest BCUT2D eigenvalue weighted by molar-refractivity contribution is 5.90. The quantitative estimate of drug-likeness (QED) is 0.287. The van der Waals surface area contributed by atoms with E-state index < -0.39 is 11.4 Å². The highest BCUT2D eigenvalue weighted by atomic mass is 16.5. The summed E-state index contributed by atoms with van der Waals surface area (Å²) in [5, 5.41) is 11.9. The predicted molar refractivity (Wildman–Crippen MR) is 103 cm³/mol. The molecule has 1 amide bonds. The Kier molecular flexibility index (Phi) is 7.19. The number of benzene rings is 1. The van der Waals surface area contributed by atoms with Crippen LogP contribution in [0, 0.1) is 0 Å². The van der Waals surface area contributed by atoms with Crippen LogP contribution in [0.5, 0.6) is 0 Å². The van der Waals surface area contributed by atoms with E-state index in [9.17, 15) is 9.59 Å². The normalized spacial score (nSPS) is 19.6. The van der Waals surface area contributed by atoms with Crippen molar-refractivity contribution in [2.24, 2.45) is 0 Å². The van der Waals surface area contributed by atoms with Crippen LogP contribution >= 0.6 is 0 Å². The Balaban J connectivity index is 1.60. The first-order chi connectivity index (χ1) is 13.6. The first-order valence-electron chi connectivity index (χ1n) is 9.86. The number of nitrogens with one attached hydrogen (secondary N) is 2. The minimum Gasteiger partial charge on any atom is -0.461 e. The molecule has 2 fully saturated rings. The van der Waals surface area contributed by atoms with E-state index in [4.69, 9.17) is 14.7 Å². The zero-order valence-electron chi connectivity index (χ0n) is 16.0. The van der Waals surface area contributed by atoms with Gasteiger partial charge >= 0.3 is 5.97 Å². The van der Waals surface area contributed by atoms with Crippen LogP contribution in [0.4, 0.5) is 0 Å². The summed E-state index contributed by atoms with van der Waals surface area (Å²) in [5.41, 5.74) is 2.73. The van der Waals surface area contributed by atoms with E-state index >= 15 is 0 Å². The fourth-order valence-corrected chi connectivity index (χ4v) is 3.67. The highest BCUT2D eigenvalue weighted by Gasteiger charge is 2.42. The van der Waals surface area contributed by atoms with Crippen molar-refractivity contribution < 1.29 is 24.3 Å². The zero-order valence-corrected chi connectivity index (χ0v) is 16.0. The minimum atomic E-state index is -0.696. The molecule has 7 nitrogen and oxygen atoms in total. The summed E-state index contributed by atoms with van der Waals surface area (Å²) in [4.78, 5) is 24.0. The lowest BCUT2D eigenvalue weighted by Crippen LogP contribution is -2.56. The second kappa shape index (κ2) is 9.82. The van der Waals surface area contributed by atoms with E-state index in [1.165, 1.54) is 6.08 Å². The molecule has 0 unspecified atom stereocenters. The van der Waals surface area contributed by atoms with E-state index in [-0.39, 0.29) is 12.1 Å². The van der Waals surface area contributed by atoms with Gasteiger partial charge in [0, 0.05) is 25.8 Å². The monoisotopic (exact) mass is 388 g/mol. The molecule has 0 bridgehead atoms. The molecule has 0 spiro atoms. The van der Waals surface area contributed by atoms with Crippen molar-refractivity contribution >= 4 is 18.0 Å². The molecule has 7 heteroatoms. The molecule has 0 aromatic heterocycles. The van der Waals surface area contributed by atoms with Crippen LogP contribution in [0.2, 0.25) is 0 Å². The van der Waals surface area contributed by atoms with E-state index in [1.54, 1.807) is 11.6 Å². The summed E-state index contributed by atoms with van der Waals surface area (Å²) in [6, 6.07) is 7.65. The number of hydrogen-bond acceptors (Lipinski definition) is 6. The molecule has 1 aromatic rings. The first kappa shape index (κ1) is 20.5. The van der Waals surface area contributed by atoms with Gasteiger partial charge in [0.25, 0.3) is 5.91 Å². The Morgan fingerprint density at radius 1 is 1.18 bits per heavy atom. The Morgan fingerprint density at radius 2 is 1.86 bits per heavy atom. The van der Waals surface area contributed by atoms with Crippen LogP contribution in [0.3, 0.4) is 0 Å². The van der Waals surface area contributed by atoms with Gasteiger partial charge in [0.15, 0.2) is 0 Å². The van der Waals surface area contributed by atoms with Gasteiger partial charge in [0.05, 0.1) is 0 Å². The van der Waals surface area contributed by atoms with Crippen molar-refractivity contribution in [2.45, 2.75) is 56.7 Å². The average molecular weight is 388 g/mol. The van der Waals surface area contributed by atoms with Crippen LogP contribution in [0.15, 0.2) is 30.3 Å². The third-order valence-electron chi connectivity index (χ3n) is 5.46. The maximum absolute atomic E-state index is 12.9. The van der Waals surface area contributed by atoms with Gasteiger partial charge in [0.1, 0.15) is 11.6 Å². The predicted octanol–water partition coefficient (Wildman–Crippen LogP) is 2.33. The fraction of sp³-hybridized carbons (Fsp3) is 0.524. The maximum Gasteiger partial charge on any atom is 0.326 e. The van der Waals surface area contributed by atoms with Gasteiger partial charge in [-0.15, -0.1) is 0 Å². The zero-order chi connectivity index (χ0) is 19.8. The molecular formula is C21H28N2O5. The first-order valence-corrected chi connectivity index (χ1v) is 9.86. The van der Waals surface area contributed by atoms with Crippen LogP contribution in [0.1, 0.15) is 49.7 Å². The third kappa shape index (κ3) is 5.41. The number of esters is 1. The lowest BCUT2D eigenvalue weighted by atomic mass is 9.89. The molecule has 1 aliphatic heterocycles. The van der Waals surface area contributed by atoms with Gasteiger partial charge in [-0.1, -0.05) is 24.3 Å². The number of hydrogen-bond donors (Lipinski definition) is 3. The van der Waals surface area contributed by atoms with Gasteiger partial charge in [-0.05, 0) is 55.7 Å². The van der Waals surface area contributed by atoms with Crippen molar-refractivity contribution in [3.8, 4) is 0 Å². The Hall–Kier alpha value is -2.22. The molecule has 3 rings (SSSR count). The second-order valence-electron chi connectivity index (χ2n) is 7.41. The summed E-state index contributed by atoms with van der Waals surface area (Å²) in [7, 11) is 0. The number of hydroxylamine groups is 1. The molecule has 1 heterocycles. The van der Waals surface area contributed by atoms with Gasteiger partial charge < -0.3 is 9.47 Å². The summed E-state index contributed by atoms with van der Waals surface area (Å²) in [5.74, 6) is -0.731. The van der Waals surface area contributed by atoms with Crippen molar-refractivity contribution in [2.75, 3.05) is 13.2 Å². The van der Waals surface area contributed by atoms with Crippen LogP contribution in [-0.2, 0) is 25.6 Å². The Labute approximate surface area is 165 Å². The van der Waals surface area contributed by atoms with Crippen molar-refractivity contribution in [3.05, 3.63) is 41.5 Å². The molecule has 0 radical (unpaired) electrons. The molecule has 1 aromatic carbocycles. The highest BCUT2D eigenvalue weighted by Crippen LogP contribution is 2.27. The summed E-state index contributed by atoms with van der Waals surface area (Å²) in [6.45, 7) is 1.63. The molecule has 3 N–H and O–H groups in total. The van der Waals surface area contributed by atoms with Gasteiger partial charge in [0.2, 0.25) is 0 Å². The molecule has 1 aliphatic carbocycles. The Bertz CT molecular complexity index is 689. The maximum atomic E-state index is 12.9. The molecule has 1 saturated heterocycles. The van der Waals surface area contributed by atoms with Crippen molar-refractivity contribution in [1.29, 1.82) is 0 Å². The minimum absolute atomic E-state index is 0.0520. The number of rotatable bonds is 7. The van der Waals surface area contributed by atoms with E-state index in [2.05, 4.69) is 5.32 Å². The average Bonchev–Trinajstić information content (AvgIpc) is 3.25. The molecule has 152 valence electrons. The largest absolute Gasteiger partial charge is 0.461 e. The molecule has 0 atom stereocenters. The summed E-state index contributed by atoms with van der Waals surface area (Å²) >= 11 is 0. The fourth-order valence-electron chi connectivity index (χ4n) is 3.67. The standard InChI is InChI=1S/C21H28N2O5/c24-19(23-26)10-9-16-5-7-17(8-6-16)15-22-21(11-13-27-14-12-21)20(25)28-18-3-1-2-4-18/h5-10,18,22,26H,1-4,11-15H2,(H,23,24). The summed E-state index contributed by atoms with van der Waals surface area (Å²) < 4.78 is 11.3. The lowest BCUT2D eigenvalue weighted by Gasteiger charge is -2.36. The van der Waals surface area contributed by atoms with Gasteiger partial charge in [-0.3, -0.25) is 20.1 Å². The number of ether oxygens (including phenoxy) is 2. The number of carbonyl (C=O) groups is 2. The second-order valence-corrected chi connectivity index (χ2v) is 7.41. The SMILES string of the molecule is O=C(C=Cc1ccc(CNC2(C(=O)OC3CCCC3)CCOCC2)cc1)NO. The topological polar surface area (TPSA) is 96.9 Å². The van der Waals surface area contributed by atoms with Crippen molar-refractivity contribution in [1.82, 2.24) is 10.8 Å². The molecule has 1 saturated carbocycles. The Morgan fingerprint density at radius 3 is 2.50 bits per heavy atom. The molecule has 2 aliphatic rings. The van der Waals surface area contributed by atoms with E-state index in [0.29, 0.717) is 32.6 Å². The van der Waals surface area contributed by atoms with Crippen molar-refractivity contribution in [3.63, 3.8) is 0 Å². The third-order valence-corrected chi connectivity index (χ3v) is 5.46. The summed E-state index contributed by atoms with van der Waals surface area (Å²) in [6.07, 6.45) is 8.31. The van der Waals surface area contributed by atoms with E-state index in [0.717, 1.165) is 36.8 Å². The van der Waals surface area contributed by atoms with Crippen LogP contribution in [-0.4, -0.2) is 41.9 Å². The van der Waals surface area contributed by atoms with Crippen LogP contribution in [0.25, 0.3) is 6.08 Å². The smallest absolute Gasteiger partial charge is 0.326 e. The molecular weight excluding hydrogens is 360 g/mol. The lowest BCUT2D eigenvalue weighted by molar-refractivity contribution is -0.161.